The van der Waals surface area contributed by atoms with Crippen LogP contribution < -0.4 is 11.1 Å². The Morgan fingerprint density at radius 1 is 1.35 bits per heavy atom. The van der Waals surface area contributed by atoms with Crippen LogP contribution in [0.25, 0.3) is 0 Å². The van der Waals surface area contributed by atoms with Gasteiger partial charge in [0.2, 0.25) is 5.91 Å². The number of para-hydroxylation sites is 1. The van der Waals surface area contributed by atoms with E-state index in [1.807, 2.05) is 6.07 Å². The molecule has 0 spiro atoms. The second-order valence-electron chi connectivity index (χ2n) is 5.84. The lowest BCUT2D eigenvalue weighted by molar-refractivity contribution is -0.122. The minimum atomic E-state index is 0.0815. The van der Waals surface area contributed by atoms with Crippen LogP contribution in [-0.4, -0.2) is 12.5 Å². The SMILES string of the molecule is CCc1cccc(C)c1NC(=O)C1CCCCC1CN. The molecule has 1 aliphatic rings. The third kappa shape index (κ3) is 3.21. The van der Waals surface area contributed by atoms with Crippen LogP contribution in [0.2, 0.25) is 0 Å². The van der Waals surface area contributed by atoms with Gasteiger partial charge in [-0.15, -0.1) is 0 Å². The van der Waals surface area contributed by atoms with Crippen LogP contribution in [0.3, 0.4) is 0 Å². The van der Waals surface area contributed by atoms with Crippen LogP contribution in [0.1, 0.15) is 43.7 Å². The predicted molar refractivity (Wildman–Crippen MR) is 83.7 cm³/mol. The van der Waals surface area contributed by atoms with Gasteiger partial charge >= 0.3 is 0 Å². The monoisotopic (exact) mass is 274 g/mol. The quantitative estimate of drug-likeness (QED) is 0.885. The molecule has 2 atom stereocenters. The van der Waals surface area contributed by atoms with Crippen molar-refractivity contribution in [2.75, 3.05) is 11.9 Å². The molecule has 1 amide bonds. The first-order valence-corrected chi connectivity index (χ1v) is 7.76. The Bertz CT molecular complexity index is 470. The van der Waals surface area contributed by atoms with Gasteiger partial charge in [-0.05, 0) is 49.8 Å². The molecule has 0 heterocycles. The molecule has 1 fully saturated rings. The molecule has 20 heavy (non-hydrogen) atoms. The number of aryl methyl sites for hydroxylation is 2. The highest BCUT2D eigenvalue weighted by Gasteiger charge is 2.30. The van der Waals surface area contributed by atoms with E-state index in [-0.39, 0.29) is 11.8 Å². The molecule has 110 valence electrons. The van der Waals surface area contributed by atoms with Crippen molar-refractivity contribution in [3.63, 3.8) is 0 Å². The van der Waals surface area contributed by atoms with Gasteiger partial charge in [0.1, 0.15) is 0 Å². The number of nitrogens with one attached hydrogen (secondary N) is 1. The number of hydrogen-bond acceptors (Lipinski definition) is 2. The maximum atomic E-state index is 12.6. The molecule has 1 saturated carbocycles. The highest BCUT2D eigenvalue weighted by Crippen LogP contribution is 2.31. The van der Waals surface area contributed by atoms with Crippen LogP contribution in [0.15, 0.2) is 18.2 Å². The van der Waals surface area contributed by atoms with Crippen molar-refractivity contribution in [3.8, 4) is 0 Å². The van der Waals surface area contributed by atoms with E-state index < -0.39 is 0 Å². The summed E-state index contributed by atoms with van der Waals surface area (Å²) in [5, 5.41) is 3.17. The summed E-state index contributed by atoms with van der Waals surface area (Å²) in [6.07, 6.45) is 5.34. The molecule has 2 rings (SSSR count). The average Bonchev–Trinajstić information content (AvgIpc) is 2.49. The minimum absolute atomic E-state index is 0.0815. The van der Waals surface area contributed by atoms with Gasteiger partial charge in [-0.25, -0.2) is 0 Å². The van der Waals surface area contributed by atoms with Gasteiger partial charge in [0.25, 0.3) is 0 Å². The van der Waals surface area contributed by atoms with Gasteiger partial charge in [-0.2, -0.15) is 0 Å². The number of rotatable bonds is 4. The number of carbonyl (C=O) groups is 1. The van der Waals surface area contributed by atoms with Crippen molar-refractivity contribution in [3.05, 3.63) is 29.3 Å². The van der Waals surface area contributed by atoms with E-state index in [1.165, 1.54) is 12.0 Å². The van der Waals surface area contributed by atoms with Crippen LogP contribution in [0.4, 0.5) is 5.69 Å². The van der Waals surface area contributed by atoms with E-state index in [0.717, 1.165) is 36.9 Å². The van der Waals surface area contributed by atoms with Crippen molar-refractivity contribution in [1.29, 1.82) is 0 Å². The zero-order valence-electron chi connectivity index (χ0n) is 12.6. The Labute approximate surface area is 121 Å². The molecule has 2 unspecified atom stereocenters. The smallest absolute Gasteiger partial charge is 0.227 e. The maximum Gasteiger partial charge on any atom is 0.227 e. The largest absolute Gasteiger partial charge is 0.330 e. The van der Waals surface area contributed by atoms with Gasteiger partial charge in [0.05, 0.1) is 0 Å². The summed E-state index contributed by atoms with van der Waals surface area (Å²) in [5.74, 6) is 0.583. The number of anilines is 1. The number of hydrogen-bond donors (Lipinski definition) is 2. The lowest BCUT2D eigenvalue weighted by Crippen LogP contribution is -2.36. The van der Waals surface area contributed by atoms with Crippen LogP contribution >= 0.6 is 0 Å². The summed E-state index contributed by atoms with van der Waals surface area (Å²) >= 11 is 0. The fourth-order valence-corrected chi connectivity index (χ4v) is 3.25. The Morgan fingerprint density at radius 2 is 2.10 bits per heavy atom. The fourth-order valence-electron chi connectivity index (χ4n) is 3.25. The normalized spacial score (nSPS) is 22.6. The number of carbonyl (C=O) groups excluding carboxylic acids is 1. The third-order valence-electron chi connectivity index (χ3n) is 4.54. The molecular formula is C17H26N2O. The average molecular weight is 274 g/mol. The maximum absolute atomic E-state index is 12.6. The molecule has 0 radical (unpaired) electrons. The number of amides is 1. The van der Waals surface area contributed by atoms with Gasteiger partial charge in [-0.3, -0.25) is 4.79 Å². The summed E-state index contributed by atoms with van der Waals surface area (Å²) in [6, 6.07) is 6.19. The zero-order valence-corrected chi connectivity index (χ0v) is 12.6. The van der Waals surface area contributed by atoms with Crippen molar-refractivity contribution >= 4 is 11.6 Å². The van der Waals surface area contributed by atoms with Crippen molar-refractivity contribution in [2.24, 2.45) is 17.6 Å². The molecule has 3 heteroatoms. The molecular weight excluding hydrogens is 248 g/mol. The summed E-state index contributed by atoms with van der Waals surface area (Å²) in [6.45, 7) is 4.79. The van der Waals surface area contributed by atoms with Crippen molar-refractivity contribution < 1.29 is 4.79 Å². The zero-order chi connectivity index (χ0) is 14.5. The van der Waals surface area contributed by atoms with E-state index >= 15 is 0 Å². The molecule has 3 nitrogen and oxygen atoms in total. The number of nitrogens with two attached hydrogens (primary N) is 1. The van der Waals surface area contributed by atoms with Crippen LogP contribution in [0, 0.1) is 18.8 Å². The molecule has 1 aromatic carbocycles. The molecule has 0 aliphatic heterocycles. The summed E-state index contributed by atoms with van der Waals surface area (Å²) in [4.78, 5) is 12.6. The van der Waals surface area contributed by atoms with Gasteiger partial charge in [0, 0.05) is 11.6 Å². The Morgan fingerprint density at radius 3 is 2.80 bits per heavy atom. The van der Waals surface area contributed by atoms with Crippen LogP contribution in [0.5, 0.6) is 0 Å². The summed E-state index contributed by atoms with van der Waals surface area (Å²) in [7, 11) is 0. The van der Waals surface area contributed by atoms with Crippen molar-refractivity contribution in [1.82, 2.24) is 0 Å². The van der Waals surface area contributed by atoms with Gasteiger partial charge in [0.15, 0.2) is 0 Å². The van der Waals surface area contributed by atoms with E-state index in [4.69, 9.17) is 5.73 Å². The van der Waals surface area contributed by atoms with E-state index in [9.17, 15) is 4.79 Å². The molecule has 1 aliphatic carbocycles. The van der Waals surface area contributed by atoms with E-state index in [0.29, 0.717) is 12.5 Å². The Kier molecular flexibility index (Phi) is 5.18. The Hall–Kier alpha value is -1.35. The summed E-state index contributed by atoms with van der Waals surface area (Å²) in [5.41, 5.74) is 9.18. The molecule has 0 saturated heterocycles. The standard InChI is InChI=1S/C17H26N2O/c1-3-13-9-6-7-12(2)16(13)19-17(20)15-10-5-4-8-14(15)11-18/h6-7,9,14-15H,3-5,8,10-11,18H2,1-2H3,(H,19,20). The van der Waals surface area contributed by atoms with E-state index in [1.54, 1.807) is 0 Å². The Balaban J connectivity index is 2.15. The summed E-state index contributed by atoms with van der Waals surface area (Å²) < 4.78 is 0. The van der Waals surface area contributed by atoms with Crippen molar-refractivity contribution in [2.45, 2.75) is 46.0 Å². The predicted octanol–water partition coefficient (Wildman–Crippen LogP) is 3.26. The topological polar surface area (TPSA) is 55.1 Å². The third-order valence-corrected chi connectivity index (χ3v) is 4.54. The second kappa shape index (κ2) is 6.89. The number of benzene rings is 1. The first-order valence-electron chi connectivity index (χ1n) is 7.76. The van der Waals surface area contributed by atoms with Gasteiger partial charge < -0.3 is 11.1 Å². The van der Waals surface area contributed by atoms with E-state index in [2.05, 4.69) is 31.3 Å². The molecule has 1 aromatic rings. The minimum Gasteiger partial charge on any atom is -0.330 e. The first kappa shape index (κ1) is 15.0. The highest BCUT2D eigenvalue weighted by molar-refractivity contribution is 5.94. The van der Waals surface area contributed by atoms with Gasteiger partial charge in [-0.1, -0.05) is 38.0 Å². The molecule has 3 N–H and O–H groups in total. The lowest BCUT2D eigenvalue weighted by atomic mass is 9.78. The lowest BCUT2D eigenvalue weighted by Gasteiger charge is -2.30. The van der Waals surface area contributed by atoms with Crippen LogP contribution in [-0.2, 0) is 11.2 Å². The molecule has 0 bridgehead atoms. The second-order valence-corrected chi connectivity index (χ2v) is 5.84. The molecule has 0 aromatic heterocycles. The fraction of sp³-hybridized carbons (Fsp3) is 0.588. The first-order chi connectivity index (χ1) is 9.67. The highest BCUT2D eigenvalue weighted by atomic mass is 16.1.